The Morgan fingerprint density at radius 3 is 2.73 bits per heavy atom. The van der Waals surface area contributed by atoms with Gasteiger partial charge in [-0.15, -0.1) is 6.58 Å². The first-order chi connectivity index (χ1) is 6.98. The number of hydrogen-bond acceptors (Lipinski definition) is 3. The molecule has 0 heterocycles. The molecular formula is C11H17NO3. The molecule has 0 saturated carbocycles. The zero-order valence-corrected chi connectivity index (χ0v) is 9.45. The summed E-state index contributed by atoms with van der Waals surface area (Å²) in [4.78, 5) is 11.7. The van der Waals surface area contributed by atoms with Crippen molar-refractivity contribution in [2.24, 2.45) is 5.92 Å². The Balaban J connectivity index is 4.63. The standard InChI is InChI=1S/C11H17NO3/c1-5-6-7-15-11(4,8-12-14)10(13)9(2)3/h5,9H,1,6-7H2,2-4H3. The molecule has 4 nitrogen and oxygen atoms in total. The summed E-state index contributed by atoms with van der Waals surface area (Å²) in [7, 11) is 0. The van der Waals surface area contributed by atoms with Crippen LogP contribution in [0.3, 0.4) is 0 Å². The van der Waals surface area contributed by atoms with Gasteiger partial charge in [-0.05, 0) is 13.3 Å². The number of carbonyl (C=O) groups is 1. The number of hydrogen-bond donors (Lipinski definition) is 0. The molecule has 1 atom stereocenters. The molecule has 84 valence electrons. The third-order valence-electron chi connectivity index (χ3n) is 1.97. The van der Waals surface area contributed by atoms with Crippen molar-refractivity contribution in [3.8, 4) is 6.07 Å². The van der Waals surface area contributed by atoms with Crippen molar-refractivity contribution < 1.29 is 9.53 Å². The summed E-state index contributed by atoms with van der Waals surface area (Å²) in [6.45, 7) is 8.84. The second-order valence-electron chi connectivity index (χ2n) is 3.68. The Labute approximate surface area is 90.3 Å². The van der Waals surface area contributed by atoms with Crippen molar-refractivity contribution in [3.05, 3.63) is 22.9 Å². The number of carbonyl (C=O) groups excluding carboxylic acids is 1. The Kier molecular flexibility index (Phi) is 5.65. The van der Waals surface area contributed by atoms with E-state index in [0.717, 1.165) is 0 Å². The van der Waals surface area contributed by atoms with Crippen molar-refractivity contribution in [3.63, 3.8) is 0 Å². The van der Waals surface area contributed by atoms with Crippen LogP contribution >= 0.6 is 0 Å². The van der Waals surface area contributed by atoms with Gasteiger partial charge in [0.25, 0.3) is 5.60 Å². The molecule has 0 aliphatic carbocycles. The number of ether oxygens (including phenoxy) is 1. The molecular weight excluding hydrogens is 194 g/mol. The third-order valence-corrected chi connectivity index (χ3v) is 1.97. The van der Waals surface area contributed by atoms with Crippen LogP contribution in [0.1, 0.15) is 27.2 Å². The van der Waals surface area contributed by atoms with Crippen LogP contribution < -0.4 is 0 Å². The zero-order valence-electron chi connectivity index (χ0n) is 9.45. The Bertz CT molecular complexity index is 288. The summed E-state index contributed by atoms with van der Waals surface area (Å²) in [5, 5.41) is 12.7. The first kappa shape index (κ1) is 13.7. The minimum atomic E-state index is -1.33. The molecule has 0 N–H and O–H groups in total. The van der Waals surface area contributed by atoms with E-state index in [9.17, 15) is 10.0 Å². The van der Waals surface area contributed by atoms with Gasteiger partial charge in [0.2, 0.25) is 0 Å². The van der Waals surface area contributed by atoms with E-state index in [1.165, 1.54) is 6.92 Å². The molecule has 0 saturated heterocycles. The highest BCUT2D eigenvalue weighted by molar-refractivity contribution is 5.91. The van der Waals surface area contributed by atoms with Gasteiger partial charge in [0.05, 0.1) is 6.61 Å². The Morgan fingerprint density at radius 2 is 2.33 bits per heavy atom. The number of Topliss-reactive ketones (excluding diaryl/α,β-unsaturated/α-hetero) is 1. The summed E-state index contributed by atoms with van der Waals surface area (Å²) in [5.41, 5.74) is -1.33. The van der Waals surface area contributed by atoms with Gasteiger partial charge < -0.3 is 9.94 Å². The highest BCUT2D eigenvalue weighted by Crippen LogP contribution is 2.17. The van der Waals surface area contributed by atoms with Crippen molar-refractivity contribution in [2.45, 2.75) is 32.8 Å². The van der Waals surface area contributed by atoms with Crippen LogP contribution in [0.2, 0.25) is 0 Å². The predicted molar refractivity (Wildman–Crippen MR) is 59.6 cm³/mol. The van der Waals surface area contributed by atoms with E-state index >= 15 is 0 Å². The maximum atomic E-state index is 11.7. The smallest absolute Gasteiger partial charge is 0.341 e. The maximum absolute atomic E-state index is 11.7. The van der Waals surface area contributed by atoms with Crippen LogP contribution in [0, 0.1) is 17.2 Å². The van der Waals surface area contributed by atoms with E-state index in [2.05, 4.69) is 17.7 Å². The molecule has 0 aromatic carbocycles. The van der Waals surface area contributed by atoms with Crippen molar-refractivity contribution >= 4 is 5.78 Å². The number of rotatable bonds is 6. The second-order valence-corrected chi connectivity index (χ2v) is 3.68. The van der Waals surface area contributed by atoms with Crippen LogP contribution in [0.5, 0.6) is 0 Å². The fraction of sp³-hybridized carbons (Fsp3) is 0.636. The van der Waals surface area contributed by atoms with E-state index in [4.69, 9.17) is 4.74 Å². The van der Waals surface area contributed by atoms with E-state index in [1.54, 1.807) is 19.9 Å². The predicted octanol–water partition coefficient (Wildman–Crippen LogP) is 2.39. The monoisotopic (exact) mass is 211 g/mol. The molecule has 0 rings (SSSR count). The lowest BCUT2D eigenvalue weighted by Gasteiger charge is -2.19. The van der Waals surface area contributed by atoms with Crippen LogP contribution in [-0.4, -0.2) is 18.0 Å². The fourth-order valence-electron chi connectivity index (χ4n) is 1.14. The quantitative estimate of drug-likeness (QED) is 0.385. The molecule has 0 aromatic rings. The molecule has 0 aromatic heterocycles. The van der Waals surface area contributed by atoms with E-state index in [1.807, 2.05) is 0 Å². The molecule has 1 unspecified atom stereocenters. The topological polar surface area (TPSA) is 53.7 Å². The Morgan fingerprint density at radius 1 is 1.73 bits per heavy atom. The van der Waals surface area contributed by atoms with Crippen molar-refractivity contribution in [2.75, 3.05) is 6.61 Å². The maximum Gasteiger partial charge on any atom is 0.341 e. The molecule has 0 aliphatic rings. The lowest BCUT2D eigenvalue weighted by Crippen LogP contribution is -2.40. The molecule has 0 fully saturated rings. The summed E-state index contributed by atoms with van der Waals surface area (Å²) in [5.74, 6) is -0.431. The highest BCUT2D eigenvalue weighted by atomic mass is 16.5. The van der Waals surface area contributed by atoms with Gasteiger partial charge in [-0.25, -0.2) is 0 Å². The first-order valence-electron chi connectivity index (χ1n) is 4.86. The summed E-state index contributed by atoms with van der Waals surface area (Å²) < 4.78 is 5.31. The molecule has 0 aliphatic heterocycles. The largest absolute Gasteiger partial charge is 0.498 e. The molecule has 0 spiro atoms. The molecule has 0 bridgehead atoms. The van der Waals surface area contributed by atoms with Crippen molar-refractivity contribution in [1.29, 1.82) is 0 Å². The van der Waals surface area contributed by atoms with E-state index < -0.39 is 5.60 Å². The second kappa shape index (κ2) is 6.20. The van der Waals surface area contributed by atoms with Crippen molar-refractivity contribution in [1.82, 2.24) is 0 Å². The molecule has 0 radical (unpaired) electrons. The molecule has 15 heavy (non-hydrogen) atoms. The summed E-state index contributed by atoms with van der Waals surface area (Å²) in [6.07, 6.45) is 2.29. The van der Waals surface area contributed by atoms with Gasteiger partial charge in [0.1, 0.15) is 0 Å². The average Bonchev–Trinajstić information content (AvgIpc) is 2.17. The minimum Gasteiger partial charge on any atom is -0.498 e. The summed E-state index contributed by atoms with van der Waals surface area (Å²) in [6, 6.07) is 2.16. The lowest BCUT2D eigenvalue weighted by molar-refractivity contribution is -0.138. The van der Waals surface area contributed by atoms with Gasteiger partial charge in [0, 0.05) is 10.9 Å². The van der Waals surface area contributed by atoms with Gasteiger partial charge in [-0.3, -0.25) is 4.79 Å². The first-order valence-corrected chi connectivity index (χ1v) is 4.86. The van der Waals surface area contributed by atoms with Gasteiger partial charge in [-0.1, -0.05) is 19.9 Å². The highest BCUT2D eigenvalue weighted by Gasteiger charge is 2.39. The average molecular weight is 211 g/mol. The summed E-state index contributed by atoms with van der Waals surface area (Å²) >= 11 is 0. The Hall–Kier alpha value is -1.34. The van der Waals surface area contributed by atoms with Gasteiger partial charge in [-0.2, -0.15) is 0 Å². The number of ketones is 1. The molecule has 4 heteroatoms. The van der Waals surface area contributed by atoms with E-state index in [-0.39, 0.29) is 11.7 Å². The van der Waals surface area contributed by atoms with Crippen LogP contribution in [0.25, 0.3) is 5.01 Å². The van der Waals surface area contributed by atoms with Crippen LogP contribution in [0.15, 0.2) is 12.7 Å². The molecule has 0 amide bonds. The SMILES string of the molecule is C=CCCOC(C)(C#[N+][O-])C(=O)C(C)C. The van der Waals surface area contributed by atoms with Crippen LogP contribution in [0.4, 0.5) is 0 Å². The lowest BCUT2D eigenvalue weighted by atomic mass is 9.93. The minimum absolute atomic E-state index is 0.203. The van der Waals surface area contributed by atoms with Gasteiger partial charge >= 0.3 is 6.07 Å². The number of nitrogens with zero attached hydrogens (tertiary/aromatic N) is 1. The normalized spacial score (nSPS) is 13.9. The van der Waals surface area contributed by atoms with Crippen LogP contribution in [-0.2, 0) is 9.53 Å². The third kappa shape index (κ3) is 4.13. The fourth-order valence-corrected chi connectivity index (χ4v) is 1.14. The van der Waals surface area contributed by atoms with E-state index in [0.29, 0.717) is 13.0 Å². The van der Waals surface area contributed by atoms with Gasteiger partial charge in [0.15, 0.2) is 5.78 Å². The zero-order chi connectivity index (χ0) is 11.9.